The van der Waals surface area contributed by atoms with Crippen LogP contribution in [0.4, 0.5) is 0 Å². The number of ether oxygens (including phenoxy) is 2. The molecule has 1 aliphatic heterocycles. The lowest BCUT2D eigenvalue weighted by molar-refractivity contribution is -0.149. The summed E-state index contributed by atoms with van der Waals surface area (Å²) >= 11 is 0. The smallest absolute Gasteiger partial charge is 0.331 e. The van der Waals surface area contributed by atoms with E-state index in [1.807, 2.05) is 49.9 Å². The van der Waals surface area contributed by atoms with Gasteiger partial charge in [-0.05, 0) is 36.6 Å². The molecule has 0 aromatic heterocycles. The summed E-state index contributed by atoms with van der Waals surface area (Å²) < 4.78 is 11.4. The van der Waals surface area contributed by atoms with Gasteiger partial charge in [0.1, 0.15) is 11.9 Å². The number of piperidine rings is 1. The van der Waals surface area contributed by atoms with Gasteiger partial charge in [-0.25, -0.2) is 4.79 Å². The molecule has 0 radical (unpaired) electrons. The van der Waals surface area contributed by atoms with Gasteiger partial charge in [-0.3, -0.25) is 4.79 Å². The molecule has 2 rings (SSSR count). The molecule has 1 heterocycles. The number of rotatable bonds is 13. The number of hydrogen-bond donors (Lipinski definition) is 0. The summed E-state index contributed by atoms with van der Waals surface area (Å²) in [6, 6.07) is 7.76. The van der Waals surface area contributed by atoms with Crippen LogP contribution in [-0.2, 0) is 14.3 Å². The van der Waals surface area contributed by atoms with Crippen LogP contribution in [0, 0.1) is 5.41 Å². The minimum Gasteiger partial charge on any atom is -0.494 e. The lowest BCUT2D eigenvalue weighted by atomic mass is 9.87. The van der Waals surface area contributed by atoms with Crippen molar-refractivity contribution in [3.8, 4) is 5.75 Å². The first-order chi connectivity index (χ1) is 15.9. The SMILES string of the molecule is CCCCCCCCOc1ccc(/C=C/C(=O)OC2CCN(C(=O)C(C)(C)CC)CC2)cc1. The molecule has 5 heteroatoms. The van der Waals surface area contributed by atoms with E-state index in [0.717, 1.165) is 30.8 Å². The average molecular weight is 458 g/mol. The highest BCUT2D eigenvalue weighted by Crippen LogP contribution is 2.26. The summed E-state index contributed by atoms with van der Waals surface area (Å²) in [6.45, 7) is 10.3. The van der Waals surface area contributed by atoms with Gasteiger partial charge in [0.2, 0.25) is 5.91 Å². The summed E-state index contributed by atoms with van der Waals surface area (Å²) in [5, 5.41) is 0. The van der Waals surface area contributed by atoms with Crippen molar-refractivity contribution in [2.45, 2.75) is 91.6 Å². The second-order valence-electron chi connectivity index (χ2n) is 9.68. The summed E-state index contributed by atoms with van der Waals surface area (Å²) in [6.07, 6.45) is 12.8. The molecule has 1 aromatic carbocycles. The second-order valence-corrected chi connectivity index (χ2v) is 9.68. The number of esters is 1. The molecular formula is C28H43NO4. The first-order valence-electron chi connectivity index (χ1n) is 12.8. The molecule has 0 spiro atoms. The zero-order valence-electron chi connectivity index (χ0n) is 21.1. The zero-order valence-corrected chi connectivity index (χ0v) is 21.1. The quantitative estimate of drug-likeness (QED) is 0.195. The summed E-state index contributed by atoms with van der Waals surface area (Å²) in [5.74, 6) is 0.710. The topological polar surface area (TPSA) is 55.8 Å². The van der Waals surface area contributed by atoms with Gasteiger partial charge in [-0.2, -0.15) is 0 Å². The van der Waals surface area contributed by atoms with E-state index in [1.54, 1.807) is 6.08 Å². The Morgan fingerprint density at radius 1 is 1.00 bits per heavy atom. The molecule has 5 nitrogen and oxygen atoms in total. The van der Waals surface area contributed by atoms with Gasteiger partial charge in [-0.15, -0.1) is 0 Å². The van der Waals surface area contributed by atoms with E-state index in [2.05, 4.69) is 6.92 Å². The van der Waals surface area contributed by atoms with Crippen LogP contribution in [0.15, 0.2) is 30.3 Å². The summed E-state index contributed by atoms with van der Waals surface area (Å²) in [5.41, 5.74) is 0.599. The molecule has 33 heavy (non-hydrogen) atoms. The van der Waals surface area contributed by atoms with Crippen molar-refractivity contribution in [1.29, 1.82) is 0 Å². The first kappa shape index (κ1) is 26.9. The van der Waals surface area contributed by atoms with Gasteiger partial charge in [0.05, 0.1) is 6.61 Å². The Morgan fingerprint density at radius 3 is 2.27 bits per heavy atom. The van der Waals surface area contributed by atoms with Crippen molar-refractivity contribution >= 4 is 18.0 Å². The third kappa shape index (κ3) is 9.61. The molecule has 0 aliphatic carbocycles. The van der Waals surface area contributed by atoms with Gasteiger partial charge < -0.3 is 14.4 Å². The Kier molecular flexibility index (Phi) is 11.5. The fraction of sp³-hybridized carbons (Fsp3) is 0.643. The zero-order chi connectivity index (χ0) is 24.1. The monoisotopic (exact) mass is 457 g/mol. The fourth-order valence-corrected chi connectivity index (χ4v) is 3.87. The van der Waals surface area contributed by atoms with Crippen molar-refractivity contribution in [2.75, 3.05) is 19.7 Å². The lowest BCUT2D eigenvalue weighted by Crippen LogP contribution is -2.46. The number of likely N-dealkylation sites (tertiary alicyclic amines) is 1. The number of amides is 1. The molecular weight excluding hydrogens is 414 g/mol. The Balaban J connectivity index is 1.67. The number of nitrogens with zero attached hydrogens (tertiary/aromatic N) is 1. The minimum absolute atomic E-state index is 0.131. The van der Waals surface area contributed by atoms with Crippen molar-refractivity contribution in [3.05, 3.63) is 35.9 Å². The van der Waals surface area contributed by atoms with Gasteiger partial charge >= 0.3 is 5.97 Å². The predicted octanol–water partition coefficient (Wildman–Crippen LogP) is 6.41. The maximum absolute atomic E-state index is 12.6. The highest BCUT2D eigenvalue weighted by Gasteiger charge is 2.33. The molecule has 184 valence electrons. The Bertz CT molecular complexity index is 746. The van der Waals surface area contributed by atoms with Crippen molar-refractivity contribution in [1.82, 2.24) is 4.90 Å². The van der Waals surface area contributed by atoms with Crippen LogP contribution in [-0.4, -0.2) is 42.6 Å². The highest BCUT2D eigenvalue weighted by molar-refractivity contribution is 5.87. The van der Waals surface area contributed by atoms with Gasteiger partial charge in [0, 0.05) is 37.4 Å². The number of carbonyl (C=O) groups excluding carboxylic acids is 2. The fourth-order valence-electron chi connectivity index (χ4n) is 3.87. The molecule has 0 atom stereocenters. The minimum atomic E-state index is -0.336. The van der Waals surface area contributed by atoms with Gasteiger partial charge in [0.25, 0.3) is 0 Å². The van der Waals surface area contributed by atoms with Crippen LogP contribution in [0.5, 0.6) is 5.75 Å². The highest BCUT2D eigenvalue weighted by atomic mass is 16.5. The van der Waals surface area contributed by atoms with E-state index in [9.17, 15) is 9.59 Å². The van der Waals surface area contributed by atoms with Crippen LogP contribution < -0.4 is 4.74 Å². The van der Waals surface area contributed by atoms with E-state index in [4.69, 9.17) is 9.47 Å². The number of benzene rings is 1. The molecule has 1 aromatic rings. The molecule has 1 saturated heterocycles. The number of carbonyl (C=O) groups is 2. The third-order valence-corrected chi connectivity index (χ3v) is 6.53. The van der Waals surface area contributed by atoms with Crippen LogP contribution in [0.1, 0.15) is 91.0 Å². The van der Waals surface area contributed by atoms with Crippen LogP contribution in [0.25, 0.3) is 6.08 Å². The molecule has 0 N–H and O–H groups in total. The van der Waals surface area contributed by atoms with Crippen LogP contribution in [0.2, 0.25) is 0 Å². The van der Waals surface area contributed by atoms with Crippen molar-refractivity contribution < 1.29 is 19.1 Å². The Hall–Kier alpha value is -2.30. The molecule has 0 bridgehead atoms. The van der Waals surface area contributed by atoms with E-state index in [0.29, 0.717) is 25.9 Å². The van der Waals surface area contributed by atoms with Crippen LogP contribution in [0.3, 0.4) is 0 Å². The van der Waals surface area contributed by atoms with Crippen molar-refractivity contribution in [2.24, 2.45) is 5.41 Å². The normalized spacial score (nSPS) is 15.1. The predicted molar refractivity (Wildman–Crippen MR) is 134 cm³/mol. The van der Waals surface area contributed by atoms with Crippen LogP contribution >= 0.6 is 0 Å². The molecule has 1 aliphatic rings. The maximum atomic E-state index is 12.6. The molecule has 0 unspecified atom stereocenters. The summed E-state index contributed by atoms with van der Waals surface area (Å²) in [7, 11) is 0. The van der Waals surface area contributed by atoms with Crippen molar-refractivity contribution in [3.63, 3.8) is 0 Å². The van der Waals surface area contributed by atoms with E-state index in [-0.39, 0.29) is 23.4 Å². The standard InChI is InChI=1S/C28H43NO4/c1-5-7-8-9-10-11-22-32-24-15-12-23(13-16-24)14-17-26(30)33-25-18-20-29(21-19-25)27(31)28(3,4)6-2/h12-17,25H,5-11,18-22H2,1-4H3/b17-14+. The Morgan fingerprint density at radius 2 is 1.64 bits per heavy atom. The second kappa shape index (κ2) is 14.1. The third-order valence-electron chi connectivity index (χ3n) is 6.53. The van der Waals surface area contributed by atoms with Gasteiger partial charge in [-0.1, -0.05) is 71.9 Å². The number of unbranched alkanes of at least 4 members (excludes halogenated alkanes) is 5. The maximum Gasteiger partial charge on any atom is 0.331 e. The van der Waals surface area contributed by atoms with E-state index >= 15 is 0 Å². The largest absolute Gasteiger partial charge is 0.494 e. The summed E-state index contributed by atoms with van der Waals surface area (Å²) in [4.78, 5) is 26.7. The first-order valence-corrected chi connectivity index (χ1v) is 12.8. The van der Waals surface area contributed by atoms with E-state index < -0.39 is 0 Å². The Labute approximate surface area is 200 Å². The van der Waals surface area contributed by atoms with E-state index in [1.165, 1.54) is 38.2 Å². The molecule has 1 amide bonds. The number of hydrogen-bond acceptors (Lipinski definition) is 4. The lowest BCUT2D eigenvalue weighted by Gasteiger charge is -2.36. The molecule has 1 fully saturated rings. The average Bonchev–Trinajstić information content (AvgIpc) is 2.83. The molecule has 0 saturated carbocycles. The van der Waals surface area contributed by atoms with Gasteiger partial charge in [0.15, 0.2) is 0 Å².